The average molecular weight is 446 g/mol. The Hall–Kier alpha value is -4.53. The van der Waals surface area contributed by atoms with Gasteiger partial charge < -0.3 is 24.5 Å². The zero-order valence-corrected chi connectivity index (χ0v) is 17.9. The molecule has 2 heterocycles. The number of anilines is 1. The van der Waals surface area contributed by atoms with Crippen molar-refractivity contribution >= 4 is 17.5 Å². The van der Waals surface area contributed by atoms with Gasteiger partial charge in [-0.25, -0.2) is 4.68 Å². The molecule has 9 heteroatoms. The summed E-state index contributed by atoms with van der Waals surface area (Å²) in [5.41, 5.74) is 2.12. The van der Waals surface area contributed by atoms with Crippen molar-refractivity contribution in [3.63, 3.8) is 0 Å². The maximum Gasteiger partial charge on any atom is 0.291 e. The number of methoxy groups -OCH3 is 1. The molecule has 0 aliphatic carbocycles. The molecule has 0 unspecified atom stereocenters. The maximum absolute atomic E-state index is 12.2. The average Bonchev–Trinajstić information content (AvgIpc) is 3.54. The predicted molar refractivity (Wildman–Crippen MR) is 121 cm³/mol. The first kappa shape index (κ1) is 21.7. The largest absolute Gasteiger partial charge is 0.497 e. The standard InChI is InChI=1S/C24H22N4O5/c1-31-20-9-7-19(8-10-20)28-12-11-18(27-28)15-25-23(29)16-33-21-5-2-4-17(14-21)26-24(30)22-6-3-13-32-22/h2-14H,15-16H2,1H3,(H,25,29)(H,26,30). The number of ether oxygens (including phenoxy) is 2. The van der Waals surface area contributed by atoms with Gasteiger partial charge in [-0.2, -0.15) is 5.10 Å². The Labute approximate surface area is 189 Å². The van der Waals surface area contributed by atoms with Gasteiger partial charge in [0.1, 0.15) is 11.5 Å². The van der Waals surface area contributed by atoms with Crippen molar-refractivity contribution in [2.45, 2.75) is 6.54 Å². The van der Waals surface area contributed by atoms with Crippen molar-refractivity contribution in [1.82, 2.24) is 15.1 Å². The second-order valence-electron chi connectivity index (χ2n) is 6.97. The molecule has 0 atom stereocenters. The second-order valence-corrected chi connectivity index (χ2v) is 6.97. The minimum absolute atomic E-state index is 0.172. The van der Waals surface area contributed by atoms with Crippen molar-refractivity contribution in [2.75, 3.05) is 19.0 Å². The highest BCUT2D eigenvalue weighted by molar-refractivity contribution is 6.02. The van der Waals surface area contributed by atoms with E-state index in [0.717, 1.165) is 11.4 Å². The highest BCUT2D eigenvalue weighted by Gasteiger charge is 2.10. The van der Waals surface area contributed by atoms with E-state index < -0.39 is 0 Å². The van der Waals surface area contributed by atoms with Crippen LogP contribution in [0.5, 0.6) is 11.5 Å². The molecule has 2 aromatic carbocycles. The molecule has 0 bridgehead atoms. The highest BCUT2D eigenvalue weighted by Crippen LogP contribution is 2.18. The number of nitrogens with zero attached hydrogens (tertiary/aromatic N) is 2. The lowest BCUT2D eigenvalue weighted by molar-refractivity contribution is -0.123. The van der Waals surface area contributed by atoms with Gasteiger partial charge in [-0.3, -0.25) is 9.59 Å². The molecule has 0 saturated carbocycles. The van der Waals surface area contributed by atoms with Crippen LogP contribution in [0.2, 0.25) is 0 Å². The van der Waals surface area contributed by atoms with Crippen LogP contribution in [0.15, 0.2) is 83.6 Å². The minimum atomic E-state index is -0.371. The summed E-state index contributed by atoms with van der Waals surface area (Å²) in [7, 11) is 1.62. The molecular weight excluding hydrogens is 424 g/mol. The van der Waals surface area contributed by atoms with Gasteiger partial charge in [0.2, 0.25) is 0 Å². The third-order valence-corrected chi connectivity index (χ3v) is 4.65. The molecule has 0 fully saturated rings. The van der Waals surface area contributed by atoms with Gasteiger partial charge in [-0.15, -0.1) is 0 Å². The van der Waals surface area contributed by atoms with Gasteiger partial charge in [-0.1, -0.05) is 6.07 Å². The quantitative estimate of drug-likeness (QED) is 0.408. The third-order valence-electron chi connectivity index (χ3n) is 4.65. The summed E-state index contributed by atoms with van der Waals surface area (Å²) < 4.78 is 17.5. The van der Waals surface area contributed by atoms with E-state index in [9.17, 15) is 9.59 Å². The zero-order chi connectivity index (χ0) is 23.0. The molecule has 0 radical (unpaired) electrons. The van der Waals surface area contributed by atoms with Crippen molar-refractivity contribution in [1.29, 1.82) is 0 Å². The first-order valence-electron chi connectivity index (χ1n) is 10.1. The summed E-state index contributed by atoms with van der Waals surface area (Å²) in [6.07, 6.45) is 3.25. The minimum Gasteiger partial charge on any atom is -0.497 e. The molecule has 2 N–H and O–H groups in total. The van der Waals surface area contributed by atoms with Gasteiger partial charge in [0, 0.05) is 18.0 Å². The van der Waals surface area contributed by atoms with Crippen LogP contribution in [-0.2, 0) is 11.3 Å². The van der Waals surface area contributed by atoms with Gasteiger partial charge in [0.15, 0.2) is 12.4 Å². The molecule has 2 aromatic heterocycles. The lowest BCUT2D eigenvalue weighted by atomic mass is 10.3. The normalized spacial score (nSPS) is 10.5. The number of carbonyl (C=O) groups is 2. The third kappa shape index (κ3) is 5.79. The number of amides is 2. The first-order valence-corrected chi connectivity index (χ1v) is 10.1. The molecule has 2 amide bonds. The Morgan fingerprint density at radius 3 is 2.64 bits per heavy atom. The molecule has 4 rings (SSSR count). The number of benzene rings is 2. The molecular formula is C24H22N4O5. The summed E-state index contributed by atoms with van der Waals surface area (Å²) in [5.74, 6) is 0.758. The van der Waals surface area contributed by atoms with Crippen LogP contribution in [0.25, 0.3) is 5.69 Å². The van der Waals surface area contributed by atoms with Crippen molar-refractivity contribution < 1.29 is 23.5 Å². The zero-order valence-electron chi connectivity index (χ0n) is 17.9. The Morgan fingerprint density at radius 1 is 1.03 bits per heavy atom. The highest BCUT2D eigenvalue weighted by atomic mass is 16.5. The predicted octanol–water partition coefficient (Wildman–Crippen LogP) is 3.42. The number of carbonyl (C=O) groups excluding carboxylic acids is 2. The summed E-state index contributed by atoms with van der Waals surface area (Å²) in [6, 6.07) is 19.3. The smallest absolute Gasteiger partial charge is 0.291 e. The van der Waals surface area contributed by atoms with Gasteiger partial charge in [0.05, 0.1) is 31.3 Å². The maximum atomic E-state index is 12.2. The molecule has 0 aliphatic heterocycles. The molecule has 33 heavy (non-hydrogen) atoms. The molecule has 9 nitrogen and oxygen atoms in total. The monoisotopic (exact) mass is 446 g/mol. The lowest BCUT2D eigenvalue weighted by Gasteiger charge is -2.09. The van der Waals surface area contributed by atoms with Gasteiger partial charge in [0.25, 0.3) is 11.8 Å². The van der Waals surface area contributed by atoms with E-state index in [1.165, 1.54) is 6.26 Å². The van der Waals surface area contributed by atoms with Crippen LogP contribution in [0.3, 0.4) is 0 Å². The van der Waals surface area contributed by atoms with Crippen molar-refractivity contribution in [3.8, 4) is 17.2 Å². The van der Waals surface area contributed by atoms with E-state index in [4.69, 9.17) is 13.9 Å². The summed E-state index contributed by atoms with van der Waals surface area (Å²) >= 11 is 0. The second kappa shape index (κ2) is 10.2. The molecule has 0 saturated heterocycles. The number of rotatable bonds is 9. The Kier molecular flexibility index (Phi) is 6.70. The Balaban J connectivity index is 1.25. The van der Waals surface area contributed by atoms with E-state index in [1.807, 2.05) is 36.5 Å². The number of hydrogen-bond donors (Lipinski definition) is 2. The molecule has 168 valence electrons. The molecule has 0 aliphatic rings. The van der Waals surface area contributed by atoms with Gasteiger partial charge >= 0.3 is 0 Å². The lowest BCUT2D eigenvalue weighted by Crippen LogP contribution is -2.28. The number of hydrogen-bond acceptors (Lipinski definition) is 6. The summed E-state index contributed by atoms with van der Waals surface area (Å²) in [5, 5.41) is 9.95. The Morgan fingerprint density at radius 2 is 1.88 bits per heavy atom. The van der Waals surface area contributed by atoms with E-state index in [-0.39, 0.29) is 30.7 Å². The fraction of sp³-hybridized carbons (Fsp3) is 0.125. The number of aromatic nitrogens is 2. The first-order chi connectivity index (χ1) is 16.1. The van der Waals surface area contributed by atoms with Crippen LogP contribution in [0.4, 0.5) is 5.69 Å². The van der Waals surface area contributed by atoms with E-state index in [2.05, 4.69) is 15.7 Å². The van der Waals surface area contributed by atoms with E-state index in [1.54, 1.807) is 48.2 Å². The summed E-state index contributed by atoms with van der Waals surface area (Å²) in [4.78, 5) is 24.3. The van der Waals surface area contributed by atoms with E-state index >= 15 is 0 Å². The summed E-state index contributed by atoms with van der Waals surface area (Å²) in [6.45, 7) is 0.0966. The fourth-order valence-electron chi connectivity index (χ4n) is 2.99. The number of nitrogens with one attached hydrogen (secondary N) is 2. The van der Waals surface area contributed by atoms with Crippen molar-refractivity contribution in [3.05, 3.63) is 90.6 Å². The van der Waals surface area contributed by atoms with Crippen LogP contribution >= 0.6 is 0 Å². The van der Waals surface area contributed by atoms with Crippen LogP contribution < -0.4 is 20.1 Å². The topological polar surface area (TPSA) is 108 Å². The number of furan rings is 1. The SMILES string of the molecule is COc1ccc(-n2ccc(CNC(=O)COc3cccc(NC(=O)c4ccco4)c3)n2)cc1. The van der Waals surface area contributed by atoms with Crippen LogP contribution in [0, 0.1) is 0 Å². The molecule has 0 spiro atoms. The molecule has 4 aromatic rings. The van der Waals surface area contributed by atoms with Crippen LogP contribution in [-0.4, -0.2) is 35.3 Å². The van der Waals surface area contributed by atoms with E-state index in [0.29, 0.717) is 17.1 Å². The fourth-order valence-corrected chi connectivity index (χ4v) is 2.99. The van der Waals surface area contributed by atoms with Gasteiger partial charge in [-0.05, 0) is 54.6 Å². The van der Waals surface area contributed by atoms with Crippen LogP contribution in [0.1, 0.15) is 16.2 Å². The Bertz CT molecular complexity index is 1220. The van der Waals surface area contributed by atoms with Crippen molar-refractivity contribution in [2.24, 2.45) is 0 Å².